The van der Waals surface area contributed by atoms with Crippen molar-refractivity contribution in [1.29, 1.82) is 0 Å². The van der Waals surface area contributed by atoms with Gasteiger partial charge in [0.25, 0.3) is 0 Å². The molecule has 2 aromatic heterocycles. The number of hydrazone groups is 1. The highest BCUT2D eigenvalue weighted by atomic mass is 19.1. The van der Waals surface area contributed by atoms with Crippen molar-refractivity contribution in [2.24, 2.45) is 11.0 Å². The first-order valence-electron chi connectivity index (χ1n) is 7.53. The van der Waals surface area contributed by atoms with Crippen LogP contribution in [0.3, 0.4) is 0 Å². The molecule has 1 amide bonds. The van der Waals surface area contributed by atoms with Gasteiger partial charge in [0.15, 0.2) is 0 Å². The fourth-order valence-corrected chi connectivity index (χ4v) is 2.81. The van der Waals surface area contributed by atoms with Crippen LogP contribution in [-0.2, 0) is 11.2 Å². The molecule has 5 nitrogen and oxygen atoms in total. The van der Waals surface area contributed by atoms with Gasteiger partial charge < -0.3 is 0 Å². The predicted octanol–water partition coefficient (Wildman–Crippen LogP) is 2.79. The minimum atomic E-state index is -1.11. The van der Waals surface area contributed by atoms with Gasteiger partial charge in [0.05, 0.1) is 22.6 Å². The second-order valence-corrected chi connectivity index (χ2v) is 5.71. The van der Waals surface area contributed by atoms with E-state index in [0.29, 0.717) is 12.1 Å². The molecule has 0 aliphatic carbocycles. The maximum absolute atomic E-state index is 13.8. The molecule has 0 fully saturated rings. The van der Waals surface area contributed by atoms with Gasteiger partial charge in [-0.15, -0.1) is 0 Å². The standard InChI is InChI=1S/C16H19FN4O/c1-4-11-8-14-12(16-9(2)7-15(22)18-19-16)5-6-13(10(3)17)21(14)20-11/h5-6,8-10H,4,7H2,1-3H3,(H,18,22). The van der Waals surface area contributed by atoms with Gasteiger partial charge in [0.2, 0.25) is 5.91 Å². The SMILES string of the molecule is CCc1cc2c(C3=NNC(=O)CC3C)ccc(C(C)F)n2n1. The number of fused-ring (bicyclic) bond motifs is 1. The Hall–Kier alpha value is -2.24. The second kappa shape index (κ2) is 5.51. The first-order valence-corrected chi connectivity index (χ1v) is 7.53. The van der Waals surface area contributed by atoms with Crippen LogP contribution in [0.15, 0.2) is 23.3 Å². The molecule has 2 atom stereocenters. The number of pyridine rings is 1. The van der Waals surface area contributed by atoms with Gasteiger partial charge in [-0.2, -0.15) is 10.2 Å². The Morgan fingerprint density at radius 2 is 2.27 bits per heavy atom. The number of rotatable bonds is 3. The van der Waals surface area contributed by atoms with Gasteiger partial charge in [0, 0.05) is 17.9 Å². The summed E-state index contributed by atoms with van der Waals surface area (Å²) in [4.78, 5) is 11.4. The van der Waals surface area contributed by atoms with Crippen LogP contribution in [0.25, 0.3) is 5.52 Å². The number of halogens is 1. The summed E-state index contributed by atoms with van der Waals surface area (Å²) in [5, 5.41) is 8.69. The lowest BCUT2D eigenvalue weighted by Crippen LogP contribution is -2.32. The van der Waals surface area contributed by atoms with Gasteiger partial charge in [-0.1, -0.05) is 13.8 Å². The van der Waals surface area contributed by atoms with Crippen LogP contribution in [-0.4, -0.2) is 21.2 Å². The Morgan fingerprint density at radius 3 is 2.91 bits per heavy atom. The van der Waals surface area contributed by atoms with Crippen molar-refractivity contribution in [2.45, 2.75) is 39.8 Å². The Kier molecular flexibility index (Phi) is 3.68. The smallest absolute Gasteiger partial charge is 0.240 e. The highest BCUT2D eigenvalue weighted by Crippen LogP contribution is 2.26. The molecule has 1 aliphatic rings. The Labute approximate surface area is 128 Å². The molecule has 3 heterocycles. The molecule has 0 bridgehead atoms. The van der Waals surface area contributed by atoms with Gasteiger partial charge in [-0.3, -0.25) is 4.79 Å². The lowest BCUT2D eigenvalue weighted by Gasteiger charge is -2.20. The number of aromatic nitrogens is 2. The van der Waals surface area contributed by atoms with E-state index in [0.717, 1.165) is 28.9 Å². The summed E-state index contributed by atoms with van der Waals surface area (Å²) in [6, 6.07) is 5.58. The molecule has 6 heteroatoms. The summed E-state index contributed by atoms with van der Waals surface area (Å²) in [5.74, 6) is -0.0600. The van der Waals surface area contributed by atoms with Crippen LogP contribution in [0, 0.1) is 5.92 Å². The van der Waals surface area contributed by atoms with Crippen molar-refractivity contribution >= 4 is 17.1 Å². The maximum Gasteiger partial charge on any atom is 0.240 e. The highest BCUT2D eigenvalue weighted by Gasteiger charge is 2.24. The van der Waals surface area contributed by atoms with Gasteiger partial charge in [-0.05, 0) is 31.5 Å². The van der Waals surface area contributed by atoms with Crippen LogP contribution < -0.4 is 5.43 Å². The molecular formula is C16H19FN4O. The minimum absolute atomic E-state index is 0.0196. The molecule has 22 heavy (non-hydrogen) atoms. The van der Waals surface area contributed by atoms with Crippen molar-refractivity contribution in [3.05, 3.63) is 35.2 Å². The molecule has 116 valence electrons. The van der Waals surface area contributed by atoms with Gasteiger partial charge in [0.1, 0.15) is 6.17 Å². The third kappa shape index (κ3) is 2.38. The van der Waals surface area contributed by atoms with E-state index < -0.39 is 6.17 Å². The van der Waals surface area contributed by atoms with E-state index in [1.165, 1.54) is 6.92 Å². The monoisotopic (exact) mass is 302 g/mol. The largest absolute Gasteiger partial charge is 0.273 e. The molecule has 2 aromatic rings. The van der Waals surface area contributed by atoms with Gasteiger partial charge in [-0.25, -0.2) is 14.3 Å². The number of aryl methyl sites for hydroxylation is 1. The number of nitrogens with zero attached hydrogens (tertiary/aromatic N) is 3. The number of carbonyl (C=O) groups excluding carboxylic acids is 1. The molecule has 0 spiro atoms. The van der Waals surface area contributed by atoms with E-state index in [9.17, 15) is 9.18 Å². The molecule has 3 rings (SSSR count). The zero-order valence-corrected chi connectivity index (χ0v) is 12.9. The third-order valence-corrected chi connectivity index (χ3v) is 4.01. The van der Waals surface area contributed by atoms with E-state index in [-0.39, 0.29) is 11.8 Å². The molecule has 1 aliphatic heterocycles. The Bertz CT molecular complexity index is 763. The van der Waals surface area contributed by atoms with Crippen molar-refractivity contribution < 1.29 is 9.18 Å². The summed E-state index contributed by atoms with van der Waals surface area (Å²) in [7, 11) is 0. The summed E-state index contributed by atoms with van der Waals surface area (Å²) in [6.07, 6.45) is 0.0765. The molecule has 1 N–H and O–H groups in total. The zero-order chi connectivity index (χ0) is 15.9. The first kappa shape index (κ1) is 14.7. The van der Waals surface area contributed by atoms with Crippen LogP contribution >= 0.6 is 0 Å². The number of carbonyl (C=O) groups is 1. The lowest BCUT2D eigenvalue weighted by molar-refractivity contribution is -0.121. The van der Waals surface area contributed by atoms with E-state index in [1.807, 2.05) is 26.0 Å². The molecule has 0 radical (unpaired) electrons. The van der Waals surface area contributed by atoms with E-state index >= 15 is 0 Å². The fourth-order valence-electron chi connectivity index (χ4n) is 2.81. The molecule has 0 saturated heterocycles. The maximum atomic E-state index is 13.8. The van der Waals surface area contributed by atoms with Crippen molar-refractivity contribution in [3.8, 4) is 0 Å². The van der Waals surface area contributed by atoms with Gasteiger partial charge >= 0.3 is 0 Å². The normalized spacial score (nSPS) is 19.9. The van der Waals surface area contributed by atoms with E-state index in [2.05, 4.69) is 15.6 Å². The number of alkyl halides is 1. The Morgan fingerprint density at radius 1 is 1.50 bits per heavy atom. The molecule has 2 unspecified atom stereocenters. The minimum Gasteiger partial charge on any atom is -0.273 e. The summed E-state index contributed by atoms with van der Waals surface area (Å²) in [6.45, 7) is 5.49. The average molecular weight is 302 g/mol. The first-order chi connectivity index (χ1) is 10.5. The summed E-state index contributed by atoms with van der Waals surface area (Å²) >= 11 is 0. The predicted molar refractivity (Wildman–Crippen MR) is 82.6 cm³/mol. The van der Waals surface area contributed by atoms with Crippen molar-refractivity contribution in [2.75, 3.05) is 0 Å². The van der Waals surface area contributed by atoms with E-state index in [1.54, 1.807) is 10.6 Å². The van der Waals surface area contributed by atoms with Crippen molar-refractivity contribution in [3.63, 3.8) is 0 Å². The average Bonchev–Trinajstić information content (AvgIpc) is 2.90. The summed E-state index contributed by atoms with van der Waals surface area (Å²) < 4.78 is 15.5. The number of hydrogen-bond donors (Lipinski definition) is 1. The van der Waals surface area contributed by atoms with Crippen molar-refractivity contribution in [1.82, 2.24) is 15.0 Å². The van der Waals surface area contributed by atoms with Crippen LogP contribution in [0.2, 0.25) is 0 Å². The molecule has 0 aromatic carbocycles. The molecular weight excluding hydrogens is 283 g/mol. The third-order valence-electron chi connectivity index (χ3n) is 4.01. The Balaban J connectivity index is 2.21. The second-order valence-electron chi connectivity index (χ2n) is 5.71. The number of amides is 1. The molecule has 0 saturated carbocycles. The van der Waals surface area contributed by atoms with E-state index in [4.69, 9.17) is 0 Å². The number of nitrogens with one attached hydrogen (secondary N) is 1. The quantitative estimate of drug-likeness (QED) is 0.947. The summed E-state index contributed by atoms with van der Waals surface area (Å²) in [5.41, 5.74) is 6.49. The highest BCUT2D eigenvalue weighted by molar-refractivity contribution is 6.10. The van der Waals surface area contributed by atoms with Crippen LogP contribution in [0.5, 0.6) is 0 Å². The van der Waals surface area contributed by atoms with Crippen LogP contribution in [0.4, 0.5) is 4.39 Å². The van der Waals surface area contributed by atoms with Crippen LogP contribution in [0.1, 0.15) is 50.3 Å². The number of hydrogen-bond acceptors (Lipinski definition) is 3. The fraction of sp³-hybridized carbons (Fsp3) is 0.438. The lowest BCUT2D eigenvalue weighted by atomic mass is 9.93. The zero-order valence-electron chi connectivity index (χ0n) is 12.9. The topological polar surface area (TPSA) is 58.8 Å².